The minimum atomic E-state index is -1.60. The highest BCUT2D eigenvalue weighted by Gasteiger charge is 2.52. The molecule has 0 saturated carbocycles. The van der Waals surface area contributed by atoms with Gasteiger partial charge in [-0.05, 0) is 0 Å². The molecule has 0 bridgehead atoms. The molecule has 13 N–H and O–H groups in total. The molecule has 0 heterocycles. The summed E-state index contributed by atoms with van der Waals surface area (Å²) in [4.78, 5) is 11.4. The van der Waals surface area contributed by atoms with Gasteiger partial charge in [-0.2, -0.15) is 0 Å². The van der Waals surface area contributed by atoms with Gasteiger partial charge in [-0.1, -0.05) is 0 Å². The van der Waals surface area contributed by atoms with E-state index in [1.54, 1.807) is 0 Å². The fraction of sp³-hybridized carbons (Fsp3) is 0.875. The minimum absolute atomic E-state index is 0.0618. The molecule has 0 rings (SSSR count). The molecule has 8 nitrogen and oxygen atoms in total. The van der Waals surface area contributed by atoms with Gasteiger partial charge in [-0.3, -0.25) is 4.79 Å². The molecule has 0 aliphatic rings. The largest absolute Gasteiger partial charge is 0.481 e. The van der Waals surface area contributed by atoms with Crippen LogP contribution in [0.15, 0.2) is 0 Å². The van der Waals surface area contributed by atoms with Crippen LogP contribution in [0.4, 0.5) is 0 Å². The predicted molar refractivity (Wildman–Crippen MR) is 61.2 cm³/mol. The predicted octanol–water partition coefficient (Wildman–Crippen LogP) is -4.08. The van der Waals surface area contributed by atoms with Crippen molar-refractivity contribution in [3.8, 4) is 0 Å². The number of hydrogen-bond acceptors (Lipinski definition) is 7. The van der Waals surface area contributed by atoms with Crippen molar-refractivity contribution in [1.29, 1.82) is 0 Å². The van der Waals surface area contributed by atoms with Crippen molar-refractivity contribution < 1.29 is 9.90 Å². The van der Waals surface area contributed by atoms with E-state index in [1.165, 1.54) is 0 Å². The van der Waals surface area contributed by atoms with Gasteiger partial charge in [-0.25, -0.2) is 0 Å². The summed E-state index contributed by atoms with van der Waals surface area (Å²) in [5.41, 5.74) is 31.8. The first kappa shape index (κ1) is 15.2. The molecule has 96 valence electrons. The van der Waals surface area contributed by atoms with E-state index in [1.807, 2.05) is 0 Å². The second-order valence-electron chi connectivity index (χ2n) is 3.76. The van der Waals surface area contributed by atoms with E-state index in [2.05, 4.69) is 0 Å². The van der Waals surface area contributed by atoms with E-state index >= 15 is 0 Å². The normalized spacial score (nSPS) is 20.9. The van der Waals surface area contributed by atoms with Crippen LogP contribution in [0, 0.1) is 5.41 Å². The van der Waals surface area contributed by atoms with E-state index in [-0.39, 0.29) is 19.6 Å². The molecule has 0 amide bonds. The van der Waals surface area contributed by atoms with Crippen molar-refractivity contribution in [1.82, 2.24) is 0 Å². The third-order valence-corrected chi connectivity index (χ3v) is 2.97. The lowest BCUT2D eigenvalue weighted by Gasteiger charge is -2.42. The van der Waals surface area contributed by atoms with Crippen LogP contribution in [-0.2, 0) is 4.79 Å². The van der Waals surface area contributed by atoms with Crippen molar-refractivity contribution in [3.05, 3.63) is 0 Å². The summed E-state index contributed by atoms with van der Waals surface area (Å²) in [6.07, 6.45) is 0. The Labute approximate surface area is 94.3 Å². The van der Waals surface area contributed by atoms with Crippen LogP contribution in [0.2, 0.25) is 0 Å². The first-order valence-electron chi connectivity index (χ1n) is 4.99. The SMILES string of the molecule is NCC(N)C(C(=O)O)(C(N)CN)C(N)CN. The van der Waals surface area contributed by atoms with E-state index in [0.29, 0.717) is 0 Å². The molecular weight excluding hydrogens is 212 g/mol. The van der Waals surface area contributed by atoms with Crippen molar-refractivity contribution >= 4 is 5.97 Å². The van der Waals surface area contributed by atoms with Gasteiger partial charge in [0.25, 0.3) is 0 Å². The molecular formula is C8H22N6O2. The van der Waals surface area contributed by atoms with Gasteiger partial charge >= 0.3 is 5.97 Å². The van der Waals surface area contributed by atoms with Gasteiger partial charge in [0.2, 0.25) is 0 Å². The average Bonchev–Trinajstić information content (AvgIpc) is 2.28. The first-order valence-corrected chi connectivity index (χ1v) is 4.99. The van der Waals surface area contributed by atoms with E-state index in [9.17, 15) is 9.90 Å². The van der Waals surface area contributed by atoms with E-state index in [4.69, 9.17) is 34.4 Å². The Hall–Kier alpha value is -0.770. The van der Waals surface area contributed by atoms with Crippen LogP contribution >= 0.6 is 0 Å². The van der Waals surface area contributed by atoms with Crippen molar-refractivity contribution in [2.45, 2.75) is 18.1 Å². The van der Waals surface area contributed by atoms with Gasteiger partial charge in [0.15, 0.2) is 0 Å². The monoisotopic (exact) mass is 234 g/mol. The highest BCUT2D eigenvalue weighted by atomic mass is 16.4. The molecule has 3 atom stereocenters. The molecule has 0 aromatic carbocycles. The van der Waals surface area contributed by atoms with Gasteiger partial charge in [0, 0.05) is 37.8 Å². The highest BCUT2D eigenvalue weighted by Crippen LogP contribution is 2.28. The maximum Gasteiger partial charge on any atom is 0.314 e. The lowest BCUT2D eigenvalue weighted by Crippen LogP contribution is -2.71. The number of nitrogens with two attached hydrogens (primary N) is 6. The molecule has 3 unspecified atom stereocenters. The lowest BCUT2D eigenvalue weighted by atomic mass is 9.68. The number of carboxylic acid groups (broad SMARTS) is 1. The Morgan fingerprint density at radius 2 is 1.19 bits per heavy atom. The average molecular weight is 234 g/mol. The van der Waals surface area contributed by atoms with Crippen LogP contribution in [0.25, 0.3) is 0 Å². The van der Waals surface area contributed by atoms with Crippen LogP contribution in [0.5, 0.6) is 0 Å². The number of carboxylic acids is 1. The molecule has 0 aromatic heterocycles. The van der Waals surface area contributed by atoms with Crippen LogP contribution < -0.4 is 34.4 Å². The third-order valence-electron chi connectivity index (χ3n) is 2.97. The highest BCUT2D eigenvalue weighted by molar-refractivity contribution is 5.78. The minimum Gasteiger partial charge on any atom is -0.481 e. The Kier molecular flexibility index (Phi) is 5.79. The Bertz CT molecular complexity index is 210. The maximum absolute atomic E-state index is 11.4. The Morgan fingerprint density at radius 3 is 1.31 bits per heavy atom. The molecule has 0 saturated heterocycles. The van der Waals surface area contributed by atoms with Crippen LogP contribution in [0.3, 0.4) is 0 Å². The zero-order chi connectivity index (χ0) is 12.9. The molecule has 8 heteroatoms. The smallest absolute Gasteiger partial charge is 0.314 e. The molecule has 0 fully saturated rings. The number of rotatable bonds is 7. The zero-order valence-corrected chi connectivity index (χ0v) is 9.17. The van der Waals surface area contributed by atoms with Crippen LogP contribution in [0.1, 0.15) is 0 Å². The number of hydrogen-bond donors (Lipinski definition) is 7. The van der Waals surface area contributed by atoms with Gasteiger partial charge < -0.3 is 39.5 Å². The first-order chi connectivity index (χ1) is 7.39. The summed E-state index contributed by atoms with van der Waals surface area (Å²) in [6.45, 7) is -0.185. The molecule has 0 aliphatic heterocycles. The van der Waals surface area contributed by atoms with Gasteiger partial charge in [0.1, 0.15) is 5.41 Å². The molecule has 0 aliphatic carbocycles. The van der Waals surface area contributed by atoms with Gasteiger partial charge in [0.05, 0.1) is 0 Å². The standard InChI is InChI=1S/C8H22N6O2/c9-1-4(12)8(7(15)16,5(13)2-10)6(14)3-11/h4-6H,1-3,9-14H2,(H,15,16). The van der Waals surface area contributed by atoms with Crippen molar-refractivity contribution in [2.24, 2.45) is 39.8 Å². The second-order valence-corrected chi connectivity index (χ2v) is 3.76. The summed E-state index contributed by atoms with van der Waals surface area (Å²) in [7, 11) is 0. The Morgan fingerprint density at radius 1 is 0.938 bits per heavy atom. The van der Waals surface area contributed by atoms with Crippen molar-refractivity contribution in [3.63, 3.8) is 0 Å². The summed E-state index contributed by atoms with van der Waals surface area (Å²) < 4.78 is 0. The summed E-state index contributed by atoms with van der Waals surface area (Å²) in [6, 6.07) is -2.70. The van der Waals surface area contributed by atoms with E-state index in [0.717, 1.165) is 0 Å². The fourth-order valence-electron chi connectivity index (χ4n) is 1.89. The fourth-order valence-corrected chi connectivity index (χ4v) is 1.89. The van der Waals surface area contributed by atoms with Crippen molar-refractivity contribution in [2.75, 3.05) is 19.6 Å². The van der Waals surface area contributed by atoms with E-state index < -0.39 is 29.5 Å². The molecule has 0 radical (unpaired) electrons. The Balaban J connectivity index is 5.48. The van der Waals surface area contributed by atoms with Gasteiger partial charge in [-0.15, -0.1) is 0 Å². The summed E-state index contributed by atoms with van der Waals surface area (Å²) in [5, 5.41) is 9.32. The second kappa shape index (κ2) is 6.09. The summed E-state index contributed by atoms with van der Waals surface area (Å²) >= 11 is 0. The zero-order valence-electron chi connectivity index (χ0n) is 9.17. The number of aliphatic carboxylic acids is 1. The lowest BCUT2D eigenvalue weighted by molar-refractivity contribution is -0.153. The van der Waals surface area contributed by atoms with Crippen LogP contribution in [-0.4, -0.2) is 48.8 Å². The molecule has 0 aromatic rings. The maximum atomic E-state index is 11.4. The third kappa shape index (κ3) is 2.32. The quantitative estimate of drug-likeness (QED) is 0.231. The molecule has 0 spiro atoms. The summed E-state index contributed by atoms with van der Waals surface area (Å²) in [5.74, 6) is -1.22. The molecule has 16 heavy (non-hydrogen) atoms. The number of carbonyl (C=O) groups is 1. The topological polar surface area (TPSA) is 193 Å².